The molecule has 1 aliphatic heterocycles. The number of phenolic OH excluding ortho intramolecular Hbond substituents is 2. The first-order valence-electron chi connectivity index (χ1n) is 7.92. The van der Waals surface area contributed by atoms with Gasteiger partial charge in [-0.25, -0.2) is 0 Å². The van der Waals surface area contributed by atoms with E-state index in [1.165, 1.54) is 12.1 Å². The van der Waals surface area contributed by atoms with Gasteiger partial charge in [0, 0.05) is 25.6 Å². The molecule has 0 saturated carbocycles. The molecular weight excluding hydrogens is 282 g/mol. The molecule has 5 nitrogen and oxygen atoms in total. The largest absolute Gasteiger partial charge is 0.504 e. The molecule has 1 aromatic rings. The smallest absolute Gasteiger partial charge is 0.225 e. The first-order chi connectivity index (χ1) is 10.5. The molecule has 2 N–H and O–H groups in total. The number of hydrogen-bond donors (Lipinski definition) is 2. The van der Waals surface area contributed by atoms with Gasteiger partial charge in [0.05, 0.1) is 6.10 Å². The number of carbonyl (C=O) groups excluding carboxylic acids is 1. The van der Waals surface area contributed by atoms with Crippen molar-refractivity contribution in [2.45, 2.75) is 39.2 Å². The maximum Gasteiger partial charge on any atom is 0.225 e. The van der Waals surface area contributed by atoms with Crippen molar-refractivity contribution in [3.8, 4) is 11.5 Å². The summed E-state index contributed by atoms with van der Waals surface area (Å²) in [5, 5.41) is 18.9. The number of benzene rings is 1. The third-order valence-electron chi connectivity index (χ3n) is 4.10. The number of ether oxygens (including phenoxy) is 1. The van der Waals surface area contributed by atoms with Crippen LogP contribution in [0.2, 0.25) is 0 Å². The number of hydrogen-bond acceptors (Lipinski definition) is 4. The first kappa shape index (κ1) is 16.6. The summed E-state index contributed by atoms with van der Waals surface area (Å²) < 4.78 is 5.64. The number of piperidine rings is 1. The normalized spacial score (nSPS) is 19.9. The molecule has 1 aromatic carbocycles. The zero-order valence-corrected chi connectivity index (χ0v) is 13.3. The second-order valence-electron chi connectivity index (χ2n) is 5.93. The summed E-state index contributed by atoms with van der Waals surface area (Å²) in [4.78, 5) is 14.4. The van der Waals surface area contributed by atoms with Gasteiger partial charge in [-0.1, -0.05) is 13.0 Å². The van der Waals surface area contributed by atoms with E-state index in [9.17, 15) is 15.0 Å². The topological polar surface area (TPSA) is 70.0 Å². The van der Waals surface area contributed by atoms with Crippen molar-refractivity contribution >= 4 is 5.91 Å². The Labute approximate surface area is 131 Å². The monoisotopic (exact) mass is 307 g/mol. The standard InChI is InChI=1S/C17H25NO4/c1-3-22-14-5-4-8-18(11-14)17(21)12(2)9-13-6-7-15(19)16(20)10-13/h6-7,10,12,14,19-20H,3-5,8-9,11H2,1-2H3. The van der Waals surface area contributed by atoms with Gasteiger partial charge in [0.25, 0.3) is 0 Å². The van der Waals surface area contributed by atoms with E-state index < -0.39 is 0 Å². The maximum absolute atomic E-state index is 12.6. The summed E-state index contributed by atoms with van der Waals surface area (Å²) in [5.41, 5.74) is 0.842. The third kappa shape index (κ3) is 4.13. The Balaban J connectivity index is 1.94. The molecule has 1 saturated heterocycles. The molecule has 2 rings (SSSR count). The van der Waals surface area contributed by atoms with Crippen LogP contribution in [0.1, 0.15) is 32.3 Å². The summed E-state index contributed by atoms with van der Waals surface area (Å²) in [7, 11) is 0. The van der Waals surface area contributed by atoms with Crippen molar-refractivity contribution < 1.29 is 19.7 Å². The van der Waals surface area contributed by atoms with Crippen LogP contribution in [-0.4, -0.2) is 46.8 Å². The van der Waals surface area contributed by atoms with Crippen LogP contribution >= 0.6 is 0 Å². The van der Waals surface area contributed by atoms with E-state index in [-0.39, 0.29) is 29.4 Å². The Morgan fingerprint density at radius 1 is 1.41 bits per heavy atom. The SMILES string of the molecule is CCOC1CCCN(C(=O)C(C)Cc2ccc(O)c(O)c2)C1. The van der Waals surface area contributed by atoms with E-state index in [0.717, 1.165) is 24.9 Å². The minimum absolute atomic E-state index is 0.122. The van der Waals surface area contributed by atoms with E-state index in [0.29, 0.717) is 19.6 Å². The Morgan fingerprint density at radius 2 is 2.18 bits per heavy atom. The summed E-state index contributed by atoms with van der Waals surface area (Å²) in [6.45, 7) is 6.00. The molecule has 2 atom stereocenters. The molecule has 122 valence electrons. The van der Waals surface area contributed by atoms with Crippen molar-refractivity contribution in [2.24, 2.45) is 5.92 Å². The Hall–Kier alpha value is -1.75. The molecule has 5 heteroatoms. The van der Waals surface area contributed by atoms with Gasteiger partial charge in [0.15, 0.2) is 11.5 Å². The average molecular weight is 307 g/mol. The molecule has 0 spiro atoms. The average Bonchev–Trinajstić information content (AvgIpc) is 2.51. The molecular formula is C17H25NO4. The molecule has 1 amide bonds. The highest BCUT2D eigenvalue weighted by molar-refractivity contribution is 5.79. The lowest BCUT2D eigenvalue weighted by molar-refractivity contribution is -0.139. The summed E-state index contributed by atoms with van der Waals surface area (Å²) in [6.07, 6.45) is 2.68. The minimum Gasteiger partial charge on any atom is -0.504 e. The number of rotatable bonds is 5. The molecule has 2 unspecified atom stereocenters. The van der Waals surface area contributed by atoms with Crippen molar-refractivity contribution in [3.05, 3.63) is 23.8 Å². The van der Waals surface area contributed by atoms with Crippen LogP contribution in [0.15, 0.2) is 18.2 Å². The van der Waals surface area contributed by atoms with Crippen LogP contribution < -0.4 is 0 Å². The number of amides is 1. The van der Waals surface area contributed by atoms with E-state index in [4.69, 9.17) is 4.74 Å². The lowest BCUT2D eigenvalue weighted by atomic mass is 9.98. The fourth-order valence-corrected chi connectivity index (χ4v) is 2.96. The highest BCUT2D eigenvalue weighted by atomic mass is 16.5. The lowest BCUT2D eigenvalue weighted by Crippen LogP contribution is -2.45. The number of likely N-dealkylation sites (tertiary alicyclic amines) is 1. The maximum atomic E-state index is 12.6. The number of aromatic hydroxyl groups is 2. The van der Waals surface area contributed by atoms with Crippen LogP contribution in [0.5, 0.6) is 11.5 Å². The summed E-state index contributed by atoms with van der Waals surface area (Å²) >= 11 is 0. The predicted molar refractivity (Wildman–Crippen MR) is 83.9 cm³/mol. The van der Waals surface area contributed by atoms with Gasteiger partial charge < -0.3 is 19.8 Å². The van der Waals surface area contributed by atoms with E-state index >= 15 is 0 Å². The van der Waals surface area contributed by atoms with Gasteiger partial charge in [-0.05, 0) is 43.9 Å². The van der Waals surface area contributed by atoms with Crippen molar-refractivity contribution in [1.29, 1.82) is 0 Å². The van der Waals surface area contributed by atoms with Crippen LogP contribution in [-0.2, 0) is 16.0 Å². The van der Waals surface area contributed by atoms with E-state index in [2.05, 4.69) is 0 Å². The Kier molecular flexibility index (Phi) is 5.66. The van der Waals surface area contributed by atoms with Crippen LogP contribution in [0.3, 0.4) is 0 Å². The zero-order chi connectivity index (χ0) is 16.1. The Morgan fingerprint density at radius 3 is 2.86 bits per heavy atom. The molecule has 22 heavy (non-hydrogen) atoms. The second-order valence-corrected chi connectivity index (χ2v) is 5.93. The van der Waals surface area contributed by atoms with Crippen LogP contribution in [0.4, 0.5) is 0 Å². The fourth-order valence-electron chi connectivity index (χ4n) is 2.96. The molecule has 0 aliphatic carbocycles. The first-order valence-corrected chi connectivity index (χ1v) is 7.92. The zero-order valence-electron chi connectivity index (χ0n) is 13.3. The molecule has 0 radical (unpaired) electrons. The van der Waals surface area contributed by atoms with Gasteiger partial charge in [0.2, 0.25) is 5.91 Å². The van der Waals surface area contributed by atoms with E-state index in [1.54, 1.807) is 6.07 Å². The van der Waals surface area contributed by atoms with E-state index in [1.807, 2.05) is 18.7 Å². The fraction of sp³-hybridized carbons (Fsp3) is 0.588. The number of phenols is 2. The number of carbonyl (C=O) groups is 1. The third-order valence-corrected chi connectivity index (χ3v) is 4.10. The van der Waals surface area contributed by atoms with Crippen LogP contribution in [0.25, 0.3) is 0 Å². The Bertz CT molecular complexity index is 515. The lowest BCUT2D eigenvalue weighted by Gasteiger charge is -2.34. The van der Waals surface area contributed by atoms with Crippen molar-refractivity contribution in [1.82, 2.24) is 4.90 Å². The molecule has 1 fully saturated rings. The van der Waals surface area contributed by atoms with Gasteiger partial charge >= 0.3 is 0 Å². The molecule has 1 heterocycles. The van der Waals surface area contributed by atoms with Crippen LogP contribution in [0, 0.1) is 5.92 Å². The quantitative estimate of drug-likeness (QED) is 0.819. The van der Waals surface area contributed by atoms with Gasteiger partial charge in [-0.15, -0.1) is 0 Å². The molecule has 1 aliphatic rings. The molecule has 0 bridgehead atoms. The summed E-state index contributed by atoms with van der Waals surface area (Å²) in [6, 6.07) is 4.70. The van der Waals surface area contributed by atoms with Gasteiger partial charge in [-0.2, -0.15) is 0 Å². The van der Waals surface area contributed by atoms with Gasteiger partial charge in [0.1, 0.15) is 0 Å². The number of nitrogens with zero attached hydrogens (tertiary/aromatic N) is 1. The van der Waals surface area contributed by atoms with Crippen molar-refractivity contribution in [2.75, 3.05) is 19.7 Å². The predicted octanol–water partition coefficient (Wildman–Crippen LogP) is 2.30. The minimum atomic E-state index is -0.163. The van der Waals surface area contributed by atoms with Gasteiger partial charge in [-0.3, -0.25) is 4.79 Å². The highest BCUT2D eigenvalue weighted by Gasteiger charge is 2.27. The highest BCUT2D eigenvalue weighted by Crippen LogP contribution is 2.26. The summed E-state index contributed by atoms with van der Waals surface area (Å²) in [5.74, 6) is -0.328. The van der Waals surface area contributed by atoms with Crippen molar-refractivity contribution in [3.63, 3.8) is 0 Å². The second kappa shape index (κ2) is 7.49. The molecule has 0 aromatic heterocycles.